The molecule has 0 aliphatic carbocycles. The molecule has 0 amide bonds. The van der Waals surface area contributed by atoms with Gasteiger partial charge in [0.25, 0.3) is 0 Å². The molecule has 0 aliphatic heterocycles. The van der Waals surface area contributed by atoms with Crippen LogP contribution in [0.15, 0.2) is 33.9 Å². The second-order valence-electron chi connectivity index (χ2n) is 7.13. The number of ether oxygens (including phenoxy) is 2. The van der Waals surface area contributed by atoms with Crippen molar-refractivity contribution in [1.29, 1.82) is 0 Å². The number of aryl methyl sites for hydroxylation is 2. The van der Waals surface area contributed by atoms with Crippen LogP contribution >= 0.6 is 23.1 Å². The number of nitrogens with two attached hydrogens (primary N) is 1. The van der Waals surface area contributed by atoms with Gasteiger partial charge in [0.15, 0.2) is 12.4 Å². The van der Waals surface area contributed by atoms with Gasteiger partial charge in [-0.05, 0) is 38.5 Å². The van der Waals surface area contributed by atoms with E-state index in [0.717, 1.165) is 5.69 Å². The fourth-order valence-electron chi connectivity index (χ4n) is 3.17. The summed E-state index contributed by atoms with van der Waals surface area (Å²) in [5, 5.41) is 5.05. The van der Waals surface area contributed by atoms with Crippen LogP contribution in [-0.2, 0) is 21.8 Å². The van der Waals surface area contributed by atoms with Gasteiger partial charge in [-0.1, -0.05) is 16.9 Å². The highest BCUT2D eigenvalue weighted by Gasteiger charge is 2.21. The van der Waals surface area contributed by atoms with E-state index in [1.54, 1.807) is 32.2 Å². The first-order chi connectivity index (χ1) is 16.4. The first-order valence-corrected chi connectivity index (χ1v) is 12.1. The van der Waals surface area contributed by atoms with Crippen molar-refractivity contribution in [3.63, 3.8) is 0 Å². The predicted octanol–water partition coefficient (Wildman–Crippen LogP) is 4.10. The average molecular weight is 500 g/mol. The maximum Gasteiger partial charge on any atom is 0.348 e. The van der Waals surface area contributed by atoms with Crippen LogP contribution in [0.4, 0.5) is 5.82 Å². The van der Waals surface area contributed by atoms with Crippen LogP contribution < -0.4 is 5.73 Å². The molecule has 12 heteroatoms. The van der Waals surface area contributed by atoms with Crippen LogP contribution in [0.3, 0.4) is 0 Å². The fraction of sp³-hybridized carbons (Fsp3) is 0.273. The van der Waals surface area contributed by atoms with E-state index in [9.17, 15) is 9.59 Å². The Hall–Kier alpha value is -3.51. The maximum atomic E-state index is 12.8. The lowest BCUT2D eigenvalue weighted by Crippen LogP contribution is -2.10. The molecule has 2 N–H and O–H groups in total. The molecule has 176 valence electrons. The predicted molar refractivity (Wildman–Crippen MR) is 127 cm³/mol. The van der Waals surface area contributed by atoms with Gasteiger partial charge in [-0.3, -0.25) is 0 Å². The summed E-state index contributed by atoms with van der Waals surface area (Å²) in [5.41, 5.74) is 7.85. The number of hydrogen-bond acceptors (Lipinski definition) is 12. The number of carbonyl (C=O) groups excluding carboxylic acids is 2. The quantitative estimate of drug-likeness (QED) is 0.276. The van der Waals surface area contributed by atoms with Gasteiger partial charge in [0.2, 0.25) is 0 Å². The molecule has 0 unspecified atom stereocenters. The second-order valence-corrected chi connectivity index (χ2v) is 9.09. The molecule has 4 aromatic heterocycles. The van der Waals surface area contributed by atoms with E-state index in [2.05, 4.69) is 20.1 Å². The summed E-state index contributed by atoms with van der Waals surface area (Å²) >= 11 is 2.52. The van der Waals surface area contributed by atoms with Crippen LogP contribution in [0, 0.1) is 13.8 Å². The van der Waals surface area contributed by atoms with Gasteiger partial charge in [-0.25, -0.2) is 24.5 Å². The van der Waals surface area contributed by atoms with Crippen molar-refractivity contribution in [2.45, 2.75) is 38.2 Å². The van der Waals surface area contributed by atoms with Crippen LogP contribution in [0.25, 0.3) is 10.2 Å². The largest absolute Gasteiger partial charge is 0.462 e. The van der Waals surface area contributed by atoms with Crippen LogP contribution in [0.2, 0.25) is 0 Å². The second kappa shape index (κ2) is 10.2. The van der Waals surface area contributed by atoms with E-state index in [0.29, 0.717) is 42.8 Å². The van der Waals surface area contributed by atoms with Gasteiger partial charge < -0.3 is 19.7 Å². The van der Waals surface area contributed by atoms with Crippen LogP contribution in [0.5, 0.6) is 0 Å². The lowest BCUT2D eigenvalue weighted by atomic mass is 10.2. The third kappa shape index (κ3) is 5.02. The molecular weight excluding hydrogens is 478 g/mol. The summed E-state index contributed by atoms with van der Waals surface area (Å²) < 4.78 is 15.6. The topological polar surface area (TPSA) is 143 Å². The zero-order valence-electron chi connectivity index (χ0n) is 18.7. The summed E-state index contributed by atoms with van der Waals surface area (Å²) in [4.78, 5) is 38.9. The Morgan fingerprint density at radius 2 is 2.03 bits per heavy atom. The number of hydrogen-bond donors (Lipinski definition) is 1. The van der Waals surface area contributed by atoms with Gasteiger partial charge >= 0.3 is 11.9 Å². The summed E-state index contributed by atoms with van der Waals surface area (Å²) in [6, 6.07) is 5.12. The number of carbonyl (C=O) groups is 2. The normalized spacial score (nSPS) is 11.0. The first-order valence-electron chi connectivity index (χ1n) is 10.3. The van der Waals surface area contributed by atoms with Gasteiger partial charge in [0.1, 0.15) is 26.3 Å². The van der Waals surface area contributed by atoms with E-state index in [4.69, 9.17) is 19.7 Å². The molecule has 0 radical (unpaired) electrons. The molecular formula is C22H21N5O5S2. The monoisotopic (exact) mass is 499 g/mol. The molecule has 34 heavy (non-hydrogen) atoms. The first kappa shape index (κ1) is 23.6. The summed E-state index contributed by atoms with van der Waals surface area (Å²) in [5.74, 6) is 0.641. The van der Waals surface area contributed by atoms with Crippen molar-refractivity contribution in [1.82, 2.24) is 20.1 Å². The SMILES string of the molecule is CCOC(=O)c1sc2nc(COC(=O)c3cccnc3SCc3cc(C)on3)nc(N)c2c1C. The van der Waals surface area contributed by atoms with E-state index in [-0.39, 0.29) is 24.9 Å². The Morgan fingerprint density at radius 1 is 1.21 bits per heavy atom. The van der Waals surface area contributed by atoms with Gasteiger partial charge in [0.05, 0.1) is 23.3 Å². The summed E-state index contributed by atoms with van der Waals surface area (Å²) in [7, 11) is 0. The average Bonchev–Trinajstić information content (AvgIpc) is 3.39. The molecule has 0 aromatic carbocycles. The summed E-state index contributed by atoms with van der Waals surface area (Å²) in [6.45, 7) is 5.40. The van der Waals surface area contributed by atoms with Crippen LogP contribution in [0.1, 0.15) is 49.8 Å². The molecule has 0 saturated heterocycles. The highest BCUT2D eigenvalue weighted by Crippen LogP contribution is 2.33. The molecule has 0 atom stereocenters. The Bertz CT molecular complexity index is 1370. The number of nitrogen functional groups attached to an aromatic ring is 1. The number of thiophene rings is 1. The standard InChI is InChI=1S/C22H21N5O5S2/c1-4-30-22(29)17-12(3)16-18(23)25-15(26-20(16)34-17)9-31-21(28)14-6-5-7-24-19(14)33-10-13-8-11(2)32-27-13/h5-8H,4,9-10H2,1-3H3,(H2,23,25,26). The van der Waals surface area contributed by atoms with Crippen molar-refractivity contribution in [3.05, 3.63) is 57.7 Å². The molecule has 4 rings (SSSR count). The van der Waals surface area contributed by atoms with Crippen molar-refractivity contribution >= 4 is 51.1 Å². The van der Waals surface area contributed by atoms with Crippen molar-refractivity contribution in [2.75, 3.05) is 12.3 Å². The molecule has 0 spiro atoms. The van der Waals surface area contributed by atoms with E-state index >= 15 is 0 Å². The smallest absolute Gasteiger partial charge is 0.348 e. The molecule has 4 aromatic rings. The number of fused-ring (bicyclic) bond motifs is 1. The molecule has 0 aliphatic rings. The summed E-state index contributed by atoms with van der Waals surface area (Å²) in [6.07, 6.45) is 1.60. The Balaban J connectivity index is 1.49. The van der Waals surface area contributed by atoms with Crippen molar-refractivity contribution in [3.8, 4) is 0 Å². The minimum absolute atomic E-state index is 0.188. The molecule has 4 heterocycles. The molecule has 10 nitrogen and oxygen atoms in total. The minimum Gasteiger partial charge on any atom is -0.462 e. The highest BCUT2D eigenvalue weighted by atomic mass is 32.2. The van der Waals surface area contributed by atoms with E-state index < -0.39 is 11.9 Å². The number of rotatable bonds is 8. The van der Waals surface area contributed by atoms with Crippen molar-refractivity contribution < 1.29 is 23.6 Å². The van der Waals surface area contributed by atoms with Gasteiger partial charge in [-0.2, -0.15) is 0 Å². The van der Waals surface area contributed by atoms with E-state index in [1.165, 1.54) is 23.1 Å². The Labute approximate surface area is 202 Å². The lowest BCUT2D eigenvalue weighted by molar-refractivity contribution is 0.0456. The Kier molecular flexibility index (Phi) is 7.08. The van der Waals surface area contributed by atoms with Gasteiger partial charge in [0, 0.05) is 18.0 Å². The zero-order valence-corrected chi connectivity index (χ0v) is 20.3. The number of aromatic nitrogens is 4. The zero-order chi connectivity index (χ0) is 24.2. The number of thioether (sulfide) groups is 1. The molecule has 0 bridgehead atoms. The fourth-order valence-corrected chi connectivity index (χ4v) is 5.13. The third-order valence-corrected chi connectivity index (χ3v) is 6.89. The number of esters is 2. The minimum atomic E-state index is -0.566. The molecule has 0 saturated carbocycles. The highest BCUT2D eigenvalue weighted by molar-refractivity contribution is 7.98. The van der Waals surface area contributed by atoms with Crippen LogP contribution in [-0.4, -0.2) is 38.7 Å². The number of nitrogens with zero attached hydrogens (tertiary/aromatic N) is 4. The Morgan fingerprint density at radius 3 is 2.76 bits per heavy atom. The number of pyridine rings is 1. The number of anilines is 1. The molecule has 0 fully saturated rings. The lowest BCUT2D eigenvalue weighted by Gasteiger charge is -2.08. The van der Waals surface area contributed by atoms with E-state index in [1.807, 2.05) is 13.0 Å². The third-order valence-electron chi connectivity index (χ3n) is 4.68. The maximum absolute atomic E-state index is 12.8. The van der Waals surface area contributed by atoms with Gasteiger partial charge in [-0.15, -0.1) is 11.3 Å². The van der Waals surface area contributed by atoms with Crippen molar-refractivity contribution in [2.24, 2.45) is 0 Å².